The highest BCUT2D eigenvalue weighted by molar-refractivity contribution is 6.37. The number of carboxylic acids is 1. The van der Waals surface area contributed by atoms with E-state index < -0.39 is 24.4 Å². The minimum atomic E-state index is -1.33. The van der Waals surface area contributed by atoms with E-state index in [-0.39, 0.29) is 50.0 Å². The Kier molecular flexibility index (Phi) is 8.47. The number of rotatable bonds is 8. The summed E-state index contributed by atoms with van der Waals surface area (Å²) in [4.78, 5) is 38.1. The van der Waals surface area contributed by atoms with E-state index in [4.69, 9.17) is 32.7 Å². The van der Waals surface area contributed by atoms with Gasteiger partial charge < -0.3 is 24.8 Å². The van der Waals surface area contributed by atoms with Crippen LogP contribution in [-0.2, 0) is 4.79 Å². The molecule has 0 saturated carbocycles. The van der Waals surface area contributed by atoms with Crippen LogP contribution in [0.4, 0.5) is 10.5 Å². The molecule has 0 atom stereocenters. The first kappa shape index (κ1) is 28.3. The third-order valence-electron chi connectivity index (χ3n) is 5.56. The topological polar surface area (TPSA) is 134 Å². The predicted octanol–water partition coefficient (Wildman–Crippen LogP) is 6.83. The highest BCUT2D eigenvalue weighted by atomic mass is 35.5. The number of phenolic OH excluding ortho intramolecular Hbond substituents is 2. The number of aryl methyl sites for hydroxylation is 1. The van der Waals surface area contributed by atoms with Crippen LogP contribution < -0.4 is 14.4 Å². The van der Waals surface area contributed by atoms with E-state index in [2.05, 4.69) is 0 Å². The third kappa shape index (κ3) is 6.63. The zero-order chi connectivity index (χ0) is 29.0. The Morgan fingerprint density at radius 1 is 0.850 bits per heavy atom. The fourth-order valence-electron chi connectivity index (χ4n) is 3.69. The number of halogens is 2. The summed E-state index contributed by atoms with van der Waals surface area (Å²) in [5.41, 5.74) is 1.26. The number of aliphatic carboxylic acids is 1. The Morgan fingerprint density at radius 2 is 1.50 bits per heavy atom. The Bertz CT molecular complexity index is 1580. The van der Waals surface area contributed by atoms with Gasteiger partial charge in [-0.3, -0.25) is 14.5 Å². The average Bonchev–Trinajstić information content (AvgIpc) is 2.91. The molecule has 11 heteroatoms. The minimum Gasteiger partial charge on any atom is -0.508 e. The maximum atomic E-state index is 13.0. The first-order chi connectivity index (χ1) is 19.0. The Balaban J connectivity index is 1.61. The molecule has 0 aliphatic rings. The van der Waals surface area contributed by atoms with Crippen molar-refractivity contribution in [3.8, 4) is 28.7 Å². The van der Waals surface area contributed by atoms with Crippen molar-refractivity contribution in [1.29, 1.82) is 0 Å². The molecule has 1 amide bonds. The second-order valence-corrected chi connectivity index (χ2v) is 9.37. The van der Waals surface area contributed by atoms with E-state index in [1.807, 2.05) is 13.0 Å². The van der Waals surface area contributed by atoms with E-state index in [0.29, 0.717) is 5.56 Å². The van der Waals surface area contributed by atoms with Crippen LogP contribution in [0.15, 0.2) is 78.9 Å². The molecule has 0 bridgehead atoms. The molecule has 204 valence electrons. The van der Waals surface area contributed by atoms with Crippen LogP contribution in [-0.4, -0.2) is 39.7 Å². The molecule has 4 aromatic carbocycles. The van der Waals surface area contributed by atoms with Gasteiger partial charge in [-0.25, -0.2) is 4.79 Å². The molecule has 40 heavy (non-hydrogen) atoms. The first-order valence-corrected chi connectivity index (χ1v) is 12.4. The fourth-order valence-corrected chi connectivity index (χ4v) is 4.24. The Morgan fingerprint density at radius 3 is 2.12 bits per heavy atom. The molecule has 4 rings (SSSR count). The number of aromatic hydroxyl groups is 2. The molecule has 0 fully saturated rings. The van der Waals surface area contributed by atoms with E-state index in [9.17, 15) is 29.7 Å². The summed E-state index contributed by atoms with van der Waals surface area (Å²) in [5.74, 6) is -1.87. The predicted molar refractivity (Wildman–Crippen MR) is 148 cm³/mol. The molecule has 4 aromatic rings. The smallest absolute Gasteiger partial charge is 0.420 e. The quantitative estimate of drug-likeness (QED) is 0.193. The Labute approximate surface area is 238 Å². The van der Waals surface area contributed by atoms with Gasteiger partial charge in [-0.2, -0.15) is 0 Å². The number of hydrogen-bond donors (Lipinski definition) is 3. The van der Waals surface area contributed by atoms with Crippen LogP contribution in [0, 0.1) is 6.92 Å². The van der Waals surface area contributed by atoms with Crippen LogP contribution >= 0.6 is 23.2 Å². The summed E-state index contributed by atoms with van der Waals surface area (Å²) < 4.78 is 11.0. The number of nitrogens with zero attached hydrogens (tertiary/aromatic N) is 1. The Hall–Kier alpha value is -4.73. The number of carbonyl (C=O) groups excluding carboxylic acids is 2. The molecule has 0 spiro atoms. The zero-order valence-corrected chi connectivity index (χ0v) is 22.3. The number of carboxylic acid groups (broad SMARTS) is 1. The van der Waals surface area contributed by atoms with E-state index >= 15 is 0 Å². The van der Waals surface area contributed by atoms with Gasteiger partial charge in [0, 0.05) is 5.56 Å². The second kappa shape index (κ2) is 12.0. The van der Waals surface area contributed by atoms with Crippen molar-refractivity contribution in [2.45, 2.75) is 6.92 Å². The number of benzene rings is 4. The lowest BCUT2D eigenvalue weighted by Crippen LogP contribution is -2.37. The summed E-state index contributed by atoms with van der Waals surface area (Å²) in [6, 6.07) is 18.7. The maximum Gasteiger partial charge on any atom is 0.420 e. The van der Waals surface area contributed by atoms with E-state index in [0.717, 1.165) is 10.5 Å². The number of ether oxygens (including phenoxy) is 2. The van der Waals surface area contributed by atoms with Crippen molar-refractivity contribution in [3.05, 3.63) is 106 Å². The monoisotopic (exact) mass is 581 g/mol. The van der Waals surface area contributed by atoms with Gasteiger partial charge in [0.05, 0.1) is 21.3 Å². The number of phenols is 2. The van der Waals surface area contributed by atoms with Gasteiger partial charge in [-0.05, 0) is 67.6 Å². The van der Waals surface area contributed by atoms with Gasteiger partial charge in [0.1, 0.15) is 29.5 Å². The molecule has 0 heterocycles. The lowest BCUT2D eigenvalue weighted by Gasteiger charge is -2.22. The van der Waals surface area contributed by atoms with E-state index in [1.54, 1.807) is 18.2 Å². The van der Waals surface area contributed by atoms with Gasteiger partial charge in [0.25, 0.3) is 0 Å². The third-order valence-corrected chi connectivity index (χ3v) is 6.12. The van der Waals surface area contributed by atoms with Gasteiger partial charge in [-0.1, -0.05) is 47.0 Å². The average molecular weight is 582 g/mol. The molecule has 0 saturated heterocycles. The number of carbonyl (C=O) groups is 3. The fraction of sp³-hybridized carbons (Fsp3) is 0.0690. The number of hydrogen-bond acceptors (Lipinski definition) is 7. The molecule has 0 radical (unpaired) electrons. The van der Waals surface area contributed by atoms with Crippen molar-refractivity contribution in [2.24, 2.45) is 0 Å². The van der Waals surface area contributed by atoms with Crippen molar-refractivity contribution in [1.82, 2.24) is 0 Å². The van der Waals surface area contributed by atoms with E-state index in [1.165, 1.54) is 54.6 Å². The highest BCUT2D eigenvalue weighted by Crippen LogP contribution is 2.41. The number of ketones is 1. The molecular formula is C29H21Cl2NO8. The second-order valence-electron chi connectivity index (χ2n) is 8.56. The summed E-state index contributed by atoms with van der Waals surface area (Å²) in [5, 5.41) is 28.9. The van der Waals surface area contributed by atoms with Gasteiger partial charge in [0.15, 0.2) is 11.5 Å². The lowest BCUT2D eigenvalue weighted by molar-refractivity contribution is -0.135. The largest absolute Gasteiger partial charge is 0.508 e. The molecule has 0 aliphatic heterocycles. The normalized spacial score (nSPS) is 10.6. The summed E-state index contributed by atoms with van der Waals surface area (Å²) in [7, 11) is 0. The first-order valence-electron chi connectivity index (χ1n) is 11.6. The van der Waals surface area contributed by atoms with Gasteiger partial charge >= 0.3 is 12.1 Å². The van der Waals surface area contributed by atoms with Crippen LogP contribution in [0.2, 0.25) is 10.0 Å². The minimum absolute atomic E-state index is 0.00317. The molecule has 0 aromatic heterocycles. The van der Waals surface area contributed by atoms with Crippen molar-refractivity contribution in [3.63, 3.8) is 0 Å². The summed E-state index contributed by atoms with van der Waals surface area (Å²) in [6.45, 7) is 1.07. The van der Waals surface area contributed by atoms with Gasteiger partial charge in [0.2, 0.25) is 0 Å². The molecule has 9 nitrogen and oxygen atoms in total. The van der Waals surface area contributed by atoms with Gasteiger partial charge in [-0.15, -0.1) is 0 Å². The van der Waals surface area contributed by atoms with Crippen molar-refractivity contribution < 1.29 is 39.2 Å². The van der Waals surface area contributed by atoms with Crippen LogP contribution in [0.1, 0.15) is 21.5 Å². The number of anilines is 1. The van der Waals surface area contributed by atoms with Crippen molar-refractivity contribution >= 4 is 46.7 Å². The lowest BCUT2D eigenvalue weighted by atomic mass is 10.0. The van der Waals surface area contributed by atoms with Crippen molar-refractivity contribution in [2.75, 3.05) is 11.4 Å². The standard InChI is InChI=1S/C29H21Cl2NO8/c1-16-3-2-4-17(11-16)27(37)22-14-21(9-10-25(22)34)39-28-23(30)12-18(13-24(28)31)32(15-26(35)36)29(38)40-20-7-5-19(33)6-8-20/h2-14,33-34H,15H2,1H3,(H,35,36). The van der Waals surface area contributed by atoms with Crippen LogP contribution in [0.5, 0.6) is 28.7 Å². The molecule has 0 aliphatic carbocycles. The summed E-state index contributed by atoms with van der Waals surface area (Å²) in [6.07, 6.45) is -1.04. The molecular weight excluding hydrogens is 561 g/mol. The van der Waals surface area contributed by atoms with Crippen LogP contribution in [0.25, 0.3) is 0 Å². The highest BCUT2D eigenvalue weighted by Gasteiger charge is 2.24. The SMILES string of the molecule is Cc1cccc(C(=O)c2cc(Oc3c(Cl)cc(N(CC(=O)O)C(=O)Oc4ccc(O)cc4)cc3Cl)ccc2O)c1. The van der Waals surface area contributed by atoms with Crippen LogP contribution in [0.3, 0.4) is 0 Å². The maximum absolute atomic E-state index is 13.0. The zero-order valence-electron chi connectivity index (χ0n) is 20.8. The summed E-state index contributed by atoms with van der Waals surface area (Å²) >= 11 is 12.8. The number of amides is 1. The molecule has 3 N–H and O–H groups in total. The molecule has 0 unspecified atom stereocenters.